The van der Waals surface area contributed by atoms with Gasteiger partial charge in [-0.25, -0.2) is 5.43 Å². The highest BCUT2D eigenvalue weighted by molar-refractivity contribution is 6.03. The van der Waals surface area contributed by atoms with Crippen LogP contribution in [0.4, 0.5) is 0 Å². The van der Waals surface area contributed by atoms with Gasteiger partial charge in [0.15, 0.2) is 5.76 Å². The highest BCUT2D eigenvalue weighted by Crippen LogP contribution is 2.26. The molecule has 0 spiro atoms. The second-order valence-corrected chi connectivity index (χ2v) is 6.04. The van der Waals surface area contributed by atoms with E-state index >= 15 is 0 Å². The van der Waals surface area contributed by atoms with Crippen molar-refractivity contribution in [2.24, 2.45) is 5.10 Å². The zero-order chi connectivity index (χ0) is 19.3. The molecule has 28 heavy (non-hydrogen) atoms. The average molecular weight is 368 g/mol. The Morgan fingerprint density at radius 1 is 1.11 bits per heavy atom. The zero-order valence-electron chi connectivity index (χ0n) is 14.9. The van der Waals surface area contributed by atoms with Gasteiger partial charge < -0.3 is 9.15 Å². The lowest BCUT2D eigenvalue weighted by molar-refractivity contribution is 0.0929. The second kappa shape index (κ2) is 7.68. The quantitative estimate of drug-likeness (QED) is 0.323. The third kappa shape index (κ3) is 3.44. The van der Waals surface area contributed by atoms with Crippen LogP contribution >= 0.6 is 0 Å². The molecular weight excluding hydrogens is 352 g/mol. The molecule has 0 saturated heterocycles. The number of amides is 1. The highest BCUT2D eigenvalue weighted by Gasteiger charge is 2.12. The van der Waals surface area contributed by atoms with Crippen molar-refractivity contribution in [2.45, 2.75) is 0 Å². The van der Waals surface area contributed by atoms with E-state index in [0.717, 1.165) is 21.7 Å². The van der Waals surface area contributed by atoms with Crippen LogP contribution in [0, 0.1) is 12.3 Å². The molecule has 1 N–H and O–H groups in total. The lowest BCUT2D eigenvalue weighted by atomic mass is 10.0. The first-order chi connectivity index (χ1) is 13.8. The number of nitrogens with zero attached hydrogens (tertiary/aromatic N) is 1. The number of furan rings is 1. The molecule has 5 nitrogen and oxygen atoms in total. The molecule has 4 rings (SSSR count). The molecule has 0 bridgehead atoms. The van der Waals surface area contributed by atoms with E-state index in [4.69, 9.17) is 15.6 Å². The molecule has 0 saturated carbocycles. The Kier molecular flexibility index (Phi) is 4.77. The Labute approximate surface area is 161 Å². The minimum absolute atomic E-state index is 0.143. The maximum absolute atomic E-state index is 12.3. The van der Waals surface area contributed by atoms with Gasteiger partial charge in [-0.1, -0.05) is 54.5 Å². The van der Waals surface area contributed by atoms with E-state index in [9.17, 15) is 4.79 Å². The van der Waals surface area contributed by atoms with Gasteiger partial charge in [-0.2, -0.15) is 5.10 Å². The van der Waals surface area contributed by atoms with Crippen molar-refractivity contribution in [2.75, 3.05) is 6.61 Å². The molecule has 0 aliphatic carbocycles. The molecular formula is C23H16N2O3. The van der Waals surface area contributed by atoms with Gasteiger partial charge in [-0.3, -0.25) is 4.79 Å². The molecule has 0 aliphatic heterocycles. The van der Waals surface area contributed by atoms with Gasteiger partial charge in [0.2, 0.25) is 0 Å². The summed E-state index contributed by atoms with van der Waals surface area (Å²) in [5.41, 5.74) is 3.88. The molecule has 4 aromatic rings. The normalized spacial score (nSPS) is 11.0. The standard InChI is InChI=1S/C23H16N2O3/c1-2-13-27-21-12-11-16-7-3-5-9-18(16)19(21)15-24-25-23(26)22-14-17-8-4-6-10-20(17)28-22/h1,3-12,14-15H,13H2,(H,25,26)/b24-15+. The van der Waals surface area contributed by atoms with E-state index < -0.39 is 5.91 Å². The van der Waals surface area contributed by atoms with Crippen LogP contribution in [0.3, 0.4) is 0 Å². The van der Waals surface area contributed by atoms with Gasteiger partial charge in [0.05, 0.1) is 6.21 Å². The van der Waals surface area contributed by atoms with Crippen molar-refractivity contribution in [3.8, 4) is 18.1 Å². The summed E-state index contributed by atoms with van der Waals surface area (Å²) in [6.07, 6.45) is 6.85. The molecule has 5 heteroatoms. The van der Waals surface area contributed by atoms with Crippen LogP contribution in [0.15, 0.2) is 76.2 Å². The Bertz CT molecular complexity index is 1200. The SMILES string of the molecule is C#CCOc1ccc2ccccc2c1/C=N/NC(=O)c1cc2ccccc2o1. The van der Waals surface area contributed by atoms with Crippen molar-refractivity contribution in [3.05, 3.63) is 78.1 Å². The number of ether oxygens (including phenoxy) is 1. The van der Waals surface area contributed by atoms with Gasteiger partial charge in [-0.05, 0) is 29.0 Å². The lowest BCUT2D eigenvalue weighted by Gasteiger charge is -2.09. The number of carbonyl (C=O) groups excluding carboxylic acids is 1. The fourth-order valence-electron chi connectivity index (χ4n) is 2.96. The molecule has 136 valence electrons. The largest absolute Gasteiger partial charge is 0.480 e. The summed E-state index contributed by atoms with van der Waals surface area (Å²) in [4.78, 5) is 12.3. The van der Waals surface area contributed by atoms with Gasteiger partial charge in [-0.15, -0.1) is 6.42 Å². The van der Waals surface area contributed by atoms with Crippen LogP contribution in [0.25, 0.3) is 21.7 Å². The first-order valence-electron chi connectivity index (χ1n) is 8.66. The summed E-state index contributed by atoms with van der Waals surface area (Å²) in [6.45, 7) is 0.143. The highest BCUT2D eigenvalue weighted by atomic mass is 16.5. The summed E-state index contributed by atoms with van der Waals surface area (Å²) in [6, 6.07) is 20.7. The van der Waals surface area contributed by atoms with Gasteiger partial charge in [0, 0.05) is 10.9 Å². The van der Waals surface area contributed by atoms with E-state index in [2.05, 4.69) is 16.4 Å². The summed E-state index contributed by atoms with van der Waals surface area (Å²) >= 11 is 0. The molecule has 1 amide bonds. The second-order valence-electron chi connectivity index (χ2n) is 6.04. The Morgan fingerprint density at radius 3 is 2.71 bits per heavy atom. The number of hydrogen-bond acceptors (Lipinski definition) is 4. The monoisotopic (exact) mass is 368 g/mol. The molecule has 3 aromatic carbocycles. The number of carbonyl (C=O) groups is 1. The predicted octanol–water partition coefficient (Wildman–Crippen LogP) is 4.36. The van der Waals surface area contributed by atoms with Crippen LogP contribution in [-0.4, -0.2) is 18.7 Å². The fraction of sp³-hybridized carbons (Fsp3) is 0.0435. The number of hydrogen-bond donors (Lipinski definition) is 1. The molecule has 0 fully saturated rings. The van der Waals surface area contributed by atoms with Crippen LogP contribution in [0.1, 0.15) is 16.1 Å². The van der Waals surface area contributed by atoms with Gasteiger partial charge in [0.25, 0.3) is 0 Å². The maximum atomic E-state index is 12.3. The number of para-hydroxylation sites is 1. The van der Waals surface area contributed by atoms with Crippen LogP contribution in [0.5, 0.6) is 5.75 Å². The Balaban J connectivity index is 1.60. The third-order valence-corrected chi connectivity index (χ3v) is 4.25. The molecule has 0 aliphatic rings. The number of hydrazone groups is 1. The summed E-state index contributed by atoms with van der Waals surface area (Å²) in [7, 11) is 0. The van der Waals surface area contributed by atoms with Crippen molar-refractivity contribution < 1.29 is 13.9 Å². The minimum atomic E-state index is -0.432. The summed E-state index contributed by atoms with van der Waals surface area (Å²) in [5, 5.41) is 6.92. The summed E-state index contributed by atoms with van der Waals surface area (Å²) < 4.78 is 11.2. The van der Waals surface area contributed by atoms with Crippen LogP contribution in [-0.2, 0) is 0 Å². The van der Waals surface area contributed by atoms with Gasteiger partial charge in [0.1, 0.15) is 17.9 Å². The number of nitrogens with one attached hydrogen (secondary N) is 1. The molecule has 0 radical (unpaired) electrons. The van der Waals surface area contributed by atoms with E-state index in [0.29, 0.717) is 11.3 Å². The van der Waals surface area contributed by atoms with Gasteiger partial charge >= 0.3 is 5.91 Å². The zero-order valence-corrected chi connectivity index (χ0v) is 14.9. The maximum Gasteiger partial charge on any atom is 0.307 e. The molecule has 1 aromatic heterocycles. The van der Waals surface area contributed by atoms with Crippen molar-refractivity contribution in [1.82, 2.24) is 5.43 Å². The van der Waals surface area contributed by atoms with Crippen molar-refractivity contribution in [1.29, 1.82) is 0 Å². The van der Waals surface area contributed by atoms with E-state index in [-0.39, 0.29) is 12.4 Å². The first-order valence-corrected chi connectivity index (χ1v) is 8.66. The third-order valence-electron chi connectivity index (χ3n) is 4.25. The number of fused-ring (bicyclic) bond motifs is 2. The molecule has 1 heterocycles. The number of terminal acetylenes is 1. The Hall–Kier alpha value is -4.04. The summed E-state index contributed by atoms with van der Waals surface area (Å²) in [5.74, 6) is 2.81. The molecule has 0 unspecified atom stereocenters. The van der Waals surface area contributed by atoms with E-state index in [1.54, 1.807) is 18.3 Å². The van der Waals surface area contributed by atoms with Crippen molar-refractivity contribution >= 4 is 33.9 Å². The van der Waals surface area contributed by atoms with Crippen LogP contribution in [0.2, 0.25) is 0 Å². The van der Waals surface area contributed by atoms with Crippen molar-refractivity contribution in [3.63, 3.8) is 0 Å². The fourth-order valence-corrected chi connectivity index (χ4v) is 2.96. The predicted molar refractivity (Wildman–Crippen MR) is 110 cm³/mol. The topological polar surface area (TPSA) is 63.8 Å². The number of rotatable bonds is 5. The molecule has 0 atom stereocenters. The van der Waals surface area contributed by atoms with E-state index in [1.165, 1.54) is 0 Å². The number of benzene rings is 3. The smallest absolute Gasteiger partial charge is 0.307 e. The average Bonchev–Trinajstić information content (AvgIpc) is 3.17. The lowest BCUT2D eigenvalue weighted by Crippen LogP contribution is -2.16. The van der Waals surface area contributed by atoms with Crippen LogP contribution < -0.4 is 10.2 Å². The van der Waals surface area contributed by atoms with E-state index in [1.807, 2.05) is 54.6 Å². The minimum Gasteiger partial charge on any atom is -0.480 e. The Morgan fingerprint density at radius 2 is 1.89 bits per heavy atom. The first kappa shape index (κ1) is 17.4.